The Morgan fingerprint density at radius 2 is 1.18 bits per heavy atom. The van der Waals surface area contributed by atoms with Gasteiger partial charge in [-0.2, -0.15) is 0 Å². The molecule has 0 aromatic rings. The van der Waals surface area contributed by atoms with E-state index >= 15 is 0 Å². The van der Waals surface area contributed by atoms with Gasteiger partial charge >= 0.3 is 0 Å². The van der Waals surface area contributed by atoms with Gasteiger partial charge in [0.1, 0.15) is 11.6 Å². The Labute approximate surface area is 67.3 Å². The van der Waals surface area contributed by atoms with Crippen LogP contribution in [0.2, 0.25) is 0 Å². The van der Waals surface area contributed by atoms with Gasteiger partial charge in [0.2, 0.25) is 0 Å². The van der Waals surface area contributed by atoms with Crippen LogP contribution in [0.15, 0.2) is 0 Å². The Morgan fingerprint density at radius 1 is 1.00 bits per heavy atom. The van der Waals surface area contributed by atoms with E-state index in [1.807, 2.05) is 0 Å². The lowest BCUT2D eigenvalue weighted by atomic mass is 10.7. The summed E-state index contributed by atoms with van der Waals surface area (Å²) in [7, 11) is 0. The van der Waals surface area contributed by atoms with Crippen LogP contribution in [0.5, 0.6) is 0 Å². The van der Waals surface area contributed by atoms with Gasteiger partial charge in [-0.3, -0.25) is 14.1 Å². The lowest BCUT2D eigenvalue weighted by molar-refractivity contribution is 0.630. The Bertz CT molecular complexity index is 68.4. The monoisotopic (exact) mass is 199 g/mol. The molecule has 7 heteroatoms. The molecular weight excluding hydrogens is 183 g/mol. The van der Waals surface area contributed by atoms with Crippen LogP contribution in [0.4, 0.5) is 14.1 Å². The summed E-state index contributed by atoms with van der Waals surface area (Å²) in [5.74, 6) is 0. The molecule has 0 bridgehead atoms. The fourth-order valence-electron chi connectivity index (χ4n) is 0.250. The van der Waals surface area contributed by atoms with Crippen LogP contribution in [-0.2, 0) is 11.6 Å². The van der Waals surface area contributed by atoms with Crippen molar-refractivity contribution in [3.8, 4) is 0 Å². The fraction of sp³-hybridized carbons (Fsp3) is 1.00. The molecule has 0 rings (SSSR count). The molecule has 0 aliphatic carbocycles. The SMILES string of the molecule is CCNCC.F.F.F.O=[SH2]=O. The van der Waals surface area contributed by atoms with Crippen LogP contribution in [0, 0.1) is 0 Å². The van der Waals surface area contributed by atoms with Crippen molar-refractivity contribution in [2.45, 2.75) is 13.8 Å². The average molecular weight is 199 g/mol. The van der Waals surface area contributed by atoms with Crippen molar-refractivity contribution in [3.63, 3.8) is 0 Å². The highest BCUT2D eigenvalue weighted by Gasteiger charge is 1.62. The molecule has 0 saturated heterocycles. The minimum Gasteiger partial charge on any atom is -0.317 e. The molecule has 0 aromatic heterocycles. The number of nitrogens with one attached hydrogen (secondary N) is 1. The number of hydrogen-bond acceptors (Lipinski definition) is 3. The fourth-order valence-corrected chi connectivity index (χ4v) is 0.250. The topological polar surface area (TPSA) is 46.2 Å². The van der Waals surface area contributed by atoms with Crippen LogP contribution in [-0.4, -0.2) is 21.5 Å². The van der Waals surface area contributed by atoms with Gasteiger partial charge in [-0.1, -0.05) is 13.8 Å². The summed E-state index contributed by atoms with van der Waals surface area (Å²) in [6.07, 6.45) is 0. The molecule has 0 amide bonds. The molecule has 0 heterocycles. The lowest BCUT2D eigenvalue weighted by Gasteiger charge is -1.86. The summed E-state index contributed by atoms with van der Waals surface area (Å²) >= 11 is -1.42. The molecule has 0 saturated carbocycles. The summed E-state index contributed by atoms with van der Waals surface area (Å²) in [6, 6.07) is 0. The first kappa shape index (κ1) is 31.0. The molecular formula is C4H16F3NO2S. The van der Waals surface area contributed by atoms with Gasteiger partial charge in [0.05, 0.1) is 0 Å². The average Bonchev–Trinajstić information content (AvgIpc) is 1.71. The molecule has 76 valence electrons. The second-order valence-electron chi connectivity index (χ2n) is 1.04. The highest BCUT2D eigenvalue weighted by atomic mass is 32.1. The maximum Gasteiger partial charge on any atom is 0.129 e. The molecule has 3 nitrogen and oxygen atoms in total. The molecule has 0 fully saturated rings. The van der Waals surface area contributed by atoms with Crippen LogP contribution < -0.4 is 5.32 Å². The second-order valence-corrected chi connectivity index (χ2v) is 1.21. The van der Waals surface area contributed by atoms with E-state index in [4.69, 9.17) is 8.42 Å². The van der Waals surface area contributed by atoms with Gasteiger partial charge in [-0.25, -0.2) is 8.42 Å². The highest BCUT2D eigenvalue weighted by molar-refractivity contribution is 7.51. The molecule has 1 N–H and O–H groups in total. The Kier molecular flexibility index (Phi) is 151. The maximum atomic E-state index is 8.40. The van der Waals surface area contributed by atoms with Crippen molar-refractivity contribution in [3.05, 3.63) is 0 Å². The van der Waals surface area contributed by atoms with E-state index < -0.39 is 11.6 Å². The van der Waals surface area contributed by atoms with Gasteiger partial charge in [0.25, 0.3) is 0 Å². The van der Waals surface area contributed by atoms with Crippen molar-refractivity contribution in [2.75, 3.05) is 13.1 Å². The first-order valence-electron chi connectivity index (χ1n) is 2.53. The van der Waals surface area contributed by atoms with Crippen LogP contribution >= 0.6 is 0 Å². The van der Waals surface area contributed by atoms with Crippen LogP contribution in [0.3, 0.4) is 0 Å². The third-order valence-electron chi connectivity index (χ3n) is 0.500. The Balaban J connectivity index is -0.0000000183. The third-order valence-corrected chi connectivity index (χ3v) is 0.500. The predicted octanol–water partition coefficient (Wildman–Crippen LogP) is -0.132. The minimum atomic E-state index is -1.42. The van der Waals surface area contributed by atoms with Crippen molar-refractivity contribution in [1.82, 2.24) is 5.32 Å². The number of halogens is 3. The van der Waals surface area contributed by atoms with Gasteiger partial charge < -0.3 is 5.32 Å². The van der Waals surface area contributed by atoms with Gasteiger partial charge in [0.15, 0.2) is 0 Å². The van der Waals surface area contributed by atoms with E-state index in [0.717, 1.165) is 13.1 Å². The molecule has 0 spiro atoms. The maximum absolute atomic E-state index is 8.40. The lowest BCUT2D eigenvalue weighted by Crippen LogP contribution is -2.09. The standard InChI is InChI=1S/C4H11N.3FH.H2O2S/c1-3-5-4-2;;;;1-3-2/h5H,3-4H2,1-2H3;3*1H;3H2. The zero-order valence-electron chi connectivity index (χ0n) is 6.46. The molecule has 0 radical (unpaired) electrons. The number of rotatable bonds is 2. The van der Waals surface area contributed by atoms with E-state index in [1.54, 1.807) is 0 Å². The summed E-state index contributed by atoms with van der Waals surface area (Å²) in [6.45, 7) is 6.39. The molecule has 11 heavy (non-hydrogen) atoms. The van der Waals surface area contributed by atoms with Crippen molar-refractivity contribution in [1.29, 1.82) is 0 Å². The normalized spacial score (nSPS) is 5.27. The molecule has 0 aliphatic rings. The summed E-state index contributed by atoms with van der Waals surface area (Å²) < 4.78 is 16.8. The first-order valence-corrected chi connectivity index (χ1v) is 3.35. The Morgan fingerprint density at radius 3 is 1.18 bits per heavy atom. The van der Waals surface area contributed by atoms with E-state index in [1.165, 1.54) is 0 Å². The van der Waals surface area contributed by atoms with E-state index in [2.05, 4.69) is 19.2 Å². The summed E-state index contributed by atoms with van der Waals surface area (Å²) in [5, 5.41) is 3.11. The Hall–Kier alpha value is -0.300. The highest BCUT2D eigenvalue weighted by Crippen LogP contribution is 1.47. The second kappa shape index (κ2) is 53.6. The predicted molar refractivity (Wildman–Crippen MR) is 43.4 cm³/mol. The molecule has 0 aliphatic heterocycles. The smallest absolute Gasteiger partial charge is 0.129 e. The van der Waals surface area contributed by atoms with Gasteiger partial charge in [0, 0.05) is 0 Å². The van der Waals surface area contributed by atoms with Crippen molar-refractivity contribution < 1.29 is 22.5 Å². The van der Waals surface area contributed by atoms with Crippen molar-refractivity contribution >= 4 is 11.6 Å². The quantitative estimate of drug-likeness (QED) is 0.673. The van der Waals surface area contributed by atoms with Gasteiger partial charge in [-0.15, -0.1) is 0 Å². The summed E-state index contributed by atoms with van der Waals surface area (Å²) in [4.78, 5) is 0. The number of hydrogen-bond donors (Lipinski definition) is 1. The van der Waals surface area contributed by atoms with E-state index in [9.17, 15) is 0 Å². The van der Waals surface area contributed by atoms with Gasteiger partial charge in [-0.05, 0) is 13.1 Å². The largest absolute Gasteiger partial charge is 0.317 e. The first-order chi connectivity index (χ1) is 3.83. The van der Waals surface area contributed by atoms with Crippen LogP contribution in [0.1, 0.15) is 13.8 Å². The molecule has 0 aromatic carbocycles. The zero-order valence-corrected chi connectivity index (χ0v) is 7.46. The van der Waals surface area contributed by atoms with E-state index in [-0.39, 0.29) is 14.1 Å². The molecule has 0 atom stereocenters. The summed E-state index contributed by atoms with van der Waals surface area (Å²) in [5.41, 5.74) is 0. The van der Waals surface area contributed by atoms with E-state index in [0.29, 0.717) is 0 Å². The third kappa shape index (κ3) is 199. The van der Waals surface area contributed by atoms with Crippen LogP contribution in [0.25, 0.3) is 0 Å². The minimum absolute atomic E-state index is 0. The molecule has 0 unspecified atom stereocenters. The zero-order chi connectivity index (χ0) is 6.83. The van der Waals surface area contributed by atoms with Crippen molar-refractivity contribution in [2.24, 2.45) is 0 Å².